The van der Waals surface area contributed by atoms with Gasteiger partial charge >= 0.3 is 5.97 Å². The summed E-state index contributed by atoms with van der Waals surface area (Å²) in [4.78, 5) is 15.0. The molecular weight excluding hydrogens is 246 g/mol. The van der Waals surface area contributed by atoms with Crippen LogP contribution < -0.4 is 4.74 Å². The number of aromatic nitrogens is 3. The molecule has 0 fully saturated rings. The quantitative estimate of drug-likeness (QED) is 0.614. The molecule has 1 heterocycles. The minimum atomic E-state index is -0.444. The number of methoxy groups -OCH3 is 2. The summed E-state index contributed by atoms with van der Waals surface area (Å²) in [6.45, 7) is 0. The number of hydrogen-bond donors (Lipinski definition) is 0. The van der Waals surface area contributed by atoms with Crippen LogP contribution in [-0.4, -0.2) is 35.0 Å². The van der Waals surface area contributed by atoms with Crippen molar-refractivity contribution < 1.29 is 14.3 Å². The molecule has 98 valence electrons. The van der Waals surface area contributed by atoms with Crippen LogP contribution in [0.2, 0.25) is 0 Å². The molecule has 0 atom stereocenters. The highest BCUT2D eigenvalue weighted by Crippen LogP contribution is 2.13. The lowest BCUT2D eigenvalue weighted by molar-refractivity contribution is -0.134. The molecule has 19 heavy (non-hydrogen) atoms. The SMILES string of the molecule is COC(=O)C=Cc1ncn(-c2ccc(OC)cc2)n1. The van der Waals surface area contributed by atoms with Crippen molar-refractivity contribution in [3.8, 4) is 11.4 Å². The second kappa shape index (κ2) is 5.81. The van der Waals surface area contributed by atoms with Crippen molar-refractivity contribution in [2.45, 2.75) is 0 Å². The first-order valence-corrected chi connectivity index (χ1v) is 5.55. The van der Waals surface area contributed by atoms with Gasteiger partial charge in [-0.3, -0.25) is 0 Å². The number of ether oxygens (including phenoxy) is 2. The van der Waals surface area contributed by atoms with Crippen LogP contribution in [0.5, 0.6) is 5.75 Å². The fraction of sp³-hybridized carbons (Fsp3) is 0.154. The third-order valence-electron chi connectivity index (χ3n) is 2.42. The van der Waals surface area contributed by atoms with E-state index in [1.807, 2.05) is 24.3 Å². The van der Waals surface area contributed by atoms with Crippen LogP contribution in [0, 0.1) is 0 Å². The predicted molar refractivity (Wildman–Crippen MR) is 69.0 cm³/mol. The van der Waals surface area contributed by atoms with Gasteiger partial charge in [0.1, 0.15) is 12.1 Å². The maximum atomic E-state index is 10.9. The van der Waals surface area contributed by atoms with E-state index in [-0.39, 0.29) is 0 Å². The lowest BCUT2D eigenvalue weighted by Gasteiger charge is -2.02. The van der Waals surface area contributed by atoms with Gasteiger partial charge in [0.2, 0.25) is 0 Å². The van der Waals surface area contributed by atoms with Crippen LogP contribution in [0.25, 0.3) is 11.8 Å². The number of benzene rings is 1. The molecule has 0 N–H and O–H groups in total. The number of nitrogens with zero attached hydrogens (tertiary/aromatic N) is 3. The summed E-state index contributed by atoms with van der Waals surface area (Å²) in [5, 5.41) is 4.21. The molecule has 0 spiro atoms. The Balaban J connectivity index is 2.15. The van der Waals surface area contributed by atoms with E-state index in [0.29, 0.717) is 5.82 Å². The first-order chi connectivity index (χ1) is 9.22. The molecule has 0 aliphatic carbocycles. The van der Waals surface area contributed by atoms with E-state index in [1.165, 1.54) is 19.3 Å². The molecule has 0 saturated heterocycles. The molecule has 0 aliphatic heterocycles. The molecule has 2 aromatic rings. The van der Waals surface area contributed by atoms with Crippen LogP contribution >= 0.6 is 0 Å². The lowest BCUT2D eigenvalue weighted by Crippen LogP contribution is -1.96. The van der Waals surface area contributed by atoms with Crippen LogP contribution in [0.4, 0.5) is 0 Å². The van der Waals surface area contributed by atoms with Gasteiger partial charge in [-0.05, 0) is 30.3 Å². The summed E-state index contributed by atoms with van der Waals surface area (Å²) in [7, 11) is 2.93. The van der Waals surface area contributed by atoms with Gasteiger partial charge in [-0.25, -0.2) is 14.5 Å². The van der Waals surface area contributed by atoms with Crippen molar-refractivity contribution in [1.29, 1.82) is 0 Å². The first-order valence-electron chi connectivity index (χ1n) is 5.55. The number of carbonyl (C=O) groups excluding carboxylic acids is 1. The highest BCUT2D eigenvalue weighted by molar-refractivity contribution is 5.86. The Labute approximate surface area is 110 Å². The number of carbonyl (C=O) groups is 1. The van der Waals surface area contributed by atoms with Crippen molar-refractivity contribution in [2.24, 2.45) is 0 Å². The number of rotatable bonds is 4. The van der Waals surface area contributed by atoms with E-state index in [0.717, 1.165) is 11.4 Å². The average molecular weight is 259 g/mol. The minimum absolute atomic E-state index is 0.432. The Morgan fingerprint density at radius 3 is 2.63 bits per heavy atom. The molecule has 6 heteroatoms. The van der Waals surface area contributed by atoms with E-state index in [4.69, 9.17) is 4.74 Å². The van der Waals surface area contributed by atoms with Crippen molar-refractivity contribution in [3.63, 3.8) is 0 Å². The molecule has 0 amide bonds. The van der Waals surface area contributed by atoms with Gasteiger partial charge < -0.3 is 9.47 Å². The Hall–Kier alpha value is -2.63. The zero-order valence-corrected chi connectivity index (χ0v) is 10.6. The molecule has 0 unspecified atom stereocenters. The van der Waals surface area contributed by atoms with E-state index >= 15 is 0 Å². The zero-order chi connectivity index (χ0) is 13.7. The molecule has 1 aromatic heterocycles. The fourth-order valence-corrected chi connectivity index (χ4v) is 1.42. The highest BCUT2D eigenvalue weighted by Gasteiger charge is 2.01. The van der Waals surface area contributed by atoms with Gasteiger partial charge in [-0.1, -0.05) is 0 Å². The van der Waals surface area contributed by atoms with E-state index < -0.39 is 5.97 Å². The van der Waals surface area contributed by atoms with Gasteiger partial charge in [-0.15, -0.1) is 5.10 Å². The number of hydrogen-bond acceptors (Lipinski definition) is 5. The van der Waals surface area contributed by atoms with Crippen molar-refractivity contribution in [2.75, 3.05) is 14.2 Å². The molecule has 0 radical (unpaired) electrons. The molecule has 0 bridgehead atoms. The van der Waals surface area contributed by atoms with Crippen molar-refractivity contribution in [3.05, 3.63) is 42.5 Å². The van der Waals surface area contributed by atoms with Crippen LogP contribution in [0.1, 0.15) is 5.82 Å². The van der Waals surface area contributed by atoms with Gasteiger partial charge in [0, 0.05) is 6.08 Å². The standard InChI is InChI=1S/C13H13N3O3/c1-18-11-5-3-10(4-6-11)16-9-14-12(15-16)7-8-13(17)19-2/h3-9H,1-2H3. The summed E-state index contributed by atoms with van der Waals surface area (Å²) >= 11 is 0. The van der Waals surface area contributed by atoms with Crippen LogP contribution in [-0.2, 0) is 9.53 Å². The first kappa shape index (κ1) is 12.8. The summed E-state index contributed by atoms with van der Waals surface area (Å²) in [6.07, 6.45) is 4.33. The van der Waals surface area contributed by atoms with Crippen LogP contribution in [0.15, 0.2) is 36.7 Å². The Morgan fingerprint density at radius 2 is 2.00 bits per heavy atom. The molecule has 0 saturated carbocycles. The largest absolute Gasteiger partial charge is 0.497 e. The number of esters is 1. The summed E-state index contributed by atoms with van der Waals surface area (Å²) in [5.41, 5.74) is 0.853. The predicted octanol–water partition coefficient (Wildman–Crippen LogP) is 1.46. The second-order valence-electron chi connectivity index (χ2n) is 3.60. The van der Waals surface area contributed by atoms with E-state index in [1.54, 1.807) is 18.1 Å². The fourth-order valence-electron chi connectivity index (χ4n) is 1.42. The maximum absolute atomic E-state index is 10.9. The third-order valence-corrected chi connectivity index (χ3v) is 2.42. The maximum Gasteiger partial charge on any atom is 0.330 e. The van der Waals surface area contributed by atoms with Crippen molar-refractivity contribution >= 4 is 12.0 Å². The van der Waals surface area contributed by atoms with Gasteiger partial charge in [-0.2, -0.15) is 0 Å². The summed E-state index contributed by atoms with van der Waals surface area (Å²) < 4.78 is 11.2. The molecule has 2 rings (SSSR count). The lowest BCUT2D eigenvalue weighted by atomic mass is 10.3. The van der Waals surface area contributed by atoms with Crippen molar-refractivity contribution in [1.82, 2.24) is 14.8 Å². The van der Waals surface area contributed by atoms with Crippen LogP contribution in [0.3, 0.4) is 0 Å². The Morgan fingerprint density at radius 1 is 1.26 bits per heavy atom. The molecule has 1 aromatic carbocycles. The topological polar surface area (TPSA) is 66.2 Å². The van der Waals surface area contributed by atoms with Gasteiger partial charge in [0.05, 0.1) is 19.9 Å². The summed E-state index contributed by atoms with van der Waals surface area (Å²) in [6, 6.07) is 7.39. The second-order valence-corrected chi connectivity index (χ2v) is 3.60. The smallest absolute Gasteiger partial charge is 0.330 e. The van der Waals surface area contributed by atoms with Gasteiger partial charge in [0.25, 0.3) is 0 Å². The average Bonchev–Trinajstić information content (AvgIpc) is 2.93. The molecule has 0 aliphatic rings. The zero-order valence-electron chi connectivity index (χ0n) is 10.6. The summed E-state index contributed by atoms with van der Waals surface area (Å²) in [5.74, 6) is 0.761. The van der Waals surface area contributed by atoms with E-state index in [9.17, 15) is 4.79 Å². The monoisotopic (exact) mass is 259 g/mol. The van der Waals surface area contributed by atoms with E-state index in [2.05, 4.69) is 14.8 Å². The normalized spacial score (nSPS) is 10.6. The minimum Gasteiger partial charge on any atom is -0.497 e. The third kappa shape index (κ3) is 3.19. The highest BCUT2D eigenvalue weighted by atomic mass is 16.5. The molecule has 6 nitrogen and oxygen atoms in total. The molecular formula is C13H13N3O3. The van der Waals surface area contributed by atoms with Gasteiger partial charge in [0.15, 0.2) is 5.82 Å². The Bertz CT molecular complexity index is 587. The Kier molecular flexibility index (Phi) is 3.92.